The smallest absolute Gasteiger partial charge is 0.253 e. The number of carbonyl (C=O) groups excluding carboxylic acids is 2. The molecular weight excluding hydrogens is 292 g/mol. The maximum Gasteiger partial charge on any atom is 0.253 e. The molecule has 2 fully saturated rings. The first kappa shape index (κ1) is 16.0. The number of anilines is 1. The Morgan fingerprint density at radius 3 is 2.52 bits per heavy atom. The normalized spacial score (nSPS) is 19.8. The lowest BCUT2D eigenvalue weighted by Crippen LogP contribution is -2.31. The molecule has 1 aliphatic heterocycles. The van der Waals surface area contributed by atoms with Crippen molar-refractivity contribution in [3.63, 3.8) is 0 Å². The molecule has 0 atom stereocenters. The van der Waals surface area contributed by atoms with Crippen LogP contribution in [0.4, 0.5) is 5.69 Å². The second kappa shape index (κ2) is 6.71. The van der Waals surface area contributed by atoms with Crippen LogP contribution in [0.5, 0.6) is 0 Å². The fourth-order valence-electron chi connectivity index (χ4n) is 3.55. The van der Waals surface area contributed by atoms with E-state index in [9.17, 15) is 14.7 Å². The number of carbonyl (C=O) groups is 2. The predicted octanol–water partition coefficient (Wildman–Crippen LogP) is 2.56. The summed E-state index contributed by atoms with van der Waals surface area (Å²) in [5, 5.41) is 13.1. The molecule has 1 aromatic rings. The van der Waals surface area contributed by atoms with E-state index >= 15 is 0 Å². The van der Waals surface area contributed by atoms with Crippen molar-refractivity contribution in [3.05, 3.63) is 29.8 Å². The fraction of sp³-hybridized carbons (Fsp3) is 0.556. The van der Waals surface area contributed by atoms with Crippen LogP contribution in [0, 0.1) is 0 Å². The molecule has 2 aliphatic rings. The second-order valence-electron chi connectivity index (χ2n) is 6.74. The van der Waals surface area contributed by atoms with E-state index in [4.69, 9.17) is 0 Å². The van der Waals surface area contributed by atoms with E-state index in [0.29, 0.717) is 24.1 Å². The third kappa shape index (κ3) is 3.91. The number of aliphatic hydroxyl groups is 1. The third-order valence-electron chi connectivity index (χ3n) is 4.81. The largest absolute Gasteiger partial charge is 0.389 e. The van der Waals surface area contributed by atoms with Gasteiger partial charge in [0.25, 0.3) is 5.91 Å². The lowest BCUT2D eigenvalue weighted by molar-refractivity contribution is -0.120. The van der Waals surface area contributed by atoms with Gasteiger partial charge >= 0.3 is 0 Å². The predicted molar refractivity (Wildman–Crippen MR) is 88.2 cm³/mol. The molecule has 0 spiro atoms. The Kier molecular flexibility index (Phi) is 4.66. The molecule has 1 aromatic carbocycles. The molecule has 2 amide bonds. The average Bonchev–Trinajstić information content (AvgIpc) is 3.18. The maximum atomic E-state index is 12.4. The summed E-state index contributed by atoms with van der Waals surface area (Å²) in [5.74, 6) is -0.173. The van der Waals surface area contributed by atoms with E-state index in [-0.39, 0.29) is 18.2 Å². The molecule has 1 saturated heterocycles. The highest BCUT2D eigenvalue weighted by atomic mass is 16.3. The molecule has 1 aliphatic carbocycles. The average molecular weight is 316 g/mol. The zero-order valence-electron chi connectivity index (χ0n) is 13.4. The van der Waals surface area contributed by atoms with E-state index in [0.717, 1.165) is 38.8 Å². The Balaban J connectivity index is 1.62. The summed E-state index contributed by atoms with van der Waals surface area (Å²) in [5.41, 5.74) is 0.360. The summed E-state index contributed by atoms with van der Waals surface area (Å²) < 4.78 is 0. The third-order valence-corrected chi connectivity index (χ3v) is 4.81. The molecule has 1 heterocycles. The van der Waals surface area contributed by atoms with Crippen molar-refractivity contribution in [2.45, 2.75) is 50.5 Å². The van der Waals surface area contributed by atoms with E-state index in [1.54, 1.807) is 24.3 Å². The minimum atomic E-state index is -0.854. The first-order valence-corrected chi connectivity index (χ1v) is 8.47. The standard InChI is InChI=1S/C18H24N2O3/c21-16(13-18(23)8-1-2-9-18)19-15-7-5-6-14(12-15)17(22)20-10-3-4-11-20/h5-7,12,23H,1-4,8-11,13H2,(H,19,21). The van der Waals surface area contributed by atoms with Crippen molar-refractivity contribution in [3.8, 4) is 0 Å². The van der Waals surface area contributed by atoms with Crippen LogP contribution in [0.3, 0.4) is 0 Å². The summed E-state index contributed by atoms with van der Waals surface area (Å²) in [4.78, 5) is 26.4. The minimum absolute atomic E-state index is 0.0213. The molecule has 23 heavy (non-hydrogen) atoms. The lowest BCUT2D eigenvalue weighted by atomic mass is 9.97. The van der Waals surface area contributed by atoms with Crippen molar-refractivity contribution < 1.29 is 14.7 Å². The number of likely N-dealkylation sites (tertiary alicyclic amines) is 1. The highest BCUT2D eigenvalue weighted by Gasteiger charge is 2.33. The van der Waals surface area contributed by atoms with Gasteiger partial charge in [-0.25, -0.2) is 0 Å². The van der Waals surface area contributed by atoms with Crippen molar-refractivity contribution >= 4 is 17.5 Å². The molecule has 0 unspecified atom stereocenters. The highest BCUT2D eigenvalue weighted by Crippen LogP contribution is 2.32. The van der Waals surface area contributed by atoms with Crippen LogP contribution in [0.2, 0.25) is 0 Å². The van der Waals surface area contributed by atoms with Crippen molar-refractivity contribution in [2.24, 2.45) is 0 Å². The zero-order valence-corrected chi connectivity index (χ0v) is 13.4. The second-order valence-corrected chi connectivity index (χ2v) is 6.74. The number of hydrogen-bond acceptors (Lipinski definition) is 3. The van der Waals surface area contributed by atoms with Crippen LogP contribution in [-0.4, -0.2) is 40.5 Å². The molecule has 5 heteroatoms. The summed E-state index contributed by atoms with van der Waals surface area (Å²) in [6.07, 6.45) is 5.56. The van der Waals surface area contributed by atoms with Crippen LogP contribution >= 0.6 is 0 Å². The van der Waals surface area contributed by atoms with Gasteiger partial charge in [0.1, 0.15) is 0 Å². The van der Waals surface area contributed by atoms with Gasteiger partial charge in [-0.15, -0.1) is 0 Å². The highest BCUT2D eigenvalue weighted by molar-refractivity contribution is 5.97. The summed E-state index contributed by atoms with van der Waals surface area (Å²) >= 11 is 0. The molecule has 124 valence electrons. The van der Waals surface area contributed by atoms with Gasteiger partial charge in [-0.3, -0.25) is 9.59 Å². The van der Waals surface area contributed by atoms with Gasteiger partial charge in [-0.05, 0) is 43.9 Å². The number of nitrogens with zero attached hydrogens (tertiary/aromatic N) is 1. The first-order valence-electron chi connectivity index (χ1n) is 8.47. The topological polar surface area (TPSA) is 69.6 Å². The van der Waals surface area contributed by atoms with Gasteiger partial charge in [0.2, 0.25) is 5.91 Å². The molecule has 5 nitrogen and oxygen atoms in total. The summed E-state index contributed by atoms with van der Waals surface area (Å²) in [7, 11) is 0. The lowest BCUT2D eigenvalue weighted by Gasteiger charge is -2.21. The van der Waals surface area contributed by atoms with E-state index in [1.165, 1.54) is 0 Å². The van der Waals surface area contributed by atoms with Crippen LogP contribution in [-0.2, 0) is 4.79 Å². The van der Waals surface area contributed by atoms with Gasteiger partial charge in [-0.2, -0.15) is 0 Å². The SMILES string of the molecule is O=C(CC1(O)CCCC1)Nc1cccc(C(=O)N2CCCC2)c1. The van der Waals surface area contributed by atoms with Gasteiger partial charge in [0, 0.05) is 24.3 Å². The van der Waals surface area contributed by atoms with E-state index in [1.807, 2.05) is 4.90 Å². The van der Waals surface area contributed by atoms with Crippen LogP contribution < -0.4 is 5.32 Å². The summed E-state index contributed by atoms with van der Waals surface area (Å²) in [6.45, 7) is 1.62. The van der Waals surface area contributed by atoms with Gasteiger partial charge in [0.05, 0.1) is 12.0 Å². The Morgan fingerprint density at radius 1 is 1.13 bits per heavy atom. The quantitative estimate of drug-likeness (QED) is 0.897. The number of benzene rings is 1. The van der Waals surface area contributed by atoms with Crippen LogP contribution in [0.25, 0.3) is 0 Å². The van der Waals surface area contributed by atoms with Gasteiger partial charge < -0.3 is 15.3 Å². The summed E-state index contributed by atoms with van der Waals surface area (Å²) in [6, 6.07) is 7.05. The maximum absolute atomic E-state index is 12.4. The van der Waals surface area contributed by atoms with E-state index in [2.05, 4.69) is 5.32 Å². The molecule has 0 radical (unpaired) electrons. The molecule has 1 saturated carbocycles. The van der Waals surface area contributed by atoms with E-state index < -0.39 is 5.60 Å². The number of nitrogens with one attached hydrogen (secondary N) is 1. The van der Waals surface area contributed by atoms with Gasteiger partial charge in [-0.1, -0.05) is 18.9 Å². The van der Waals surface area contributed by atoms with Crippen molar-refractivity contribution in [2.75, 3.05) is 18.4 Å². The molecule has 3 rings (SSSR count). The van der Waals surface area contributed by atoms with Gasteiger partial charge in [0.15, 0.2) is 0 Å². The molecule has 0 bridgehead atoms. The minimum Gasteiger partial charge on any atom is -0.389 e. The van der Waals surface area contributed by atoms with Crippen LogP contribution in [0.15, 0.2) is 24.3 Å². The Morgan fingerprint density at radius 2 is 1.83 bits per heavy atom. The molecule has 2 N–H and O–H groups in total. The van der Waals surface area contributed by atoms with Crippen molar-refractivity contribution in [1.29, 1.82) is 0 Å². The Hall–Kier alpha value is -1.88. The first-order chi connectivity index (χ1) is 11.1. The number of hydrogen-bond donors (Lipinski definition) is 2. The Bertz CT molecular complexity index is 588. The molecule has 0 aromatic heterocycles. The monoisotopic (exact) mass is 316 g/mol. The van der Waals surface area contributed by atoms with Crippen LogP contribution in [0.1, 0.15) is 55.3 Å². The molecular formula is C18H24N2O3. The number of amides is 2. The van der Waals surface area contributed by atoms with Crippen molar-refractivity contribution in [1.82, 2.24) is 4.90 Å². The Labute approximate surface area is 136 Å². The fourth-order valence-corrected chi connectivity index (χ4v) is 3.55. The zero-order chi connectivity index (χ0) is 16.3. The number of rotatable bonds is 4.